The molecule has 0 N–H and O–H groups in total. The van der Waals surface area contributed by atoms with Gasteiger partial charge in [0.2, 0.25) is 15.0 Å². The Labute approximate surface area is 79.7 Å². The van der Waals surface area contributed by atoms with Crippen LogP contribution in [0.5, 0.6) is 0 Å². The van der Waals surface area contributed by atoms with Gasteiger partial charge in [-0.05, 0) is 0 Å². The van der Waals surface area contributed by atoms with E-state index in [2.05, 4.69) is 9.97 Å². The smallest absolute Gasteiger partial charge is 0.248 e. The van der Waals surface area contributed by atoms with Gasteiger partial charge in [0.05, 0.1) is 0 Å². The molecule has 1 heterocycles. The molecular formula is C6H5ClN2O3S. The lowest BCUT2D eigenvalue weighted by molar-refractivity contribution is 0.111. The summed E-state index contributed by atoms with van der Waals surface area (Å²) in [4.78, 5) is 17.2. The molecule has 0 aromatic carbocycles. The summed E-state index contributed by atoms with van der Waals surface area (Å²) in [5, 5.41) is -0.514. The Morgan fingerprint density at radius 1 is 1.46 bits per heavy atom. The van der Waals surface area contributed by atoms with Crippen molar-refractivity contribution < 1.29 is 13.2 Å². The molecule has 0 aliphatic carbocycles. The van der Waals surface area contributed by atoms with Gasteiger partial charge in [-0.15, -0.1) is 0 Å². The van der Waals surface area contributed by atoms with Crippen molar-refractivity contribution >= 4 is 27.7 Å². The minimum Gasteiger partial charge on any atom is -0.296 e. The van der Waals surface area contributed by atoms with Crippen molar-refractivity contribution in [3.05, 3.63) is 16.9 Å². The summed E-state index contributed by atoms with van der Waals surface area (Å²) < 4.78 is 21.9. The highest BCUT2D eigenvalue weighted by Gasteiger charge is 2.12. The zero-order valence-electron chi connectivity index (χ0n) is 6.56. The Kier molecular flexibility index (Phi) is 2.63. The largest absolute Gasteiger partial charge is 0.296 e. The van der Waals surface area contributed by atoms with Crippen LogP contribution in [0, 0.1) is 0 Å². The van der Waals surface area contributed by atoms with E-state index in [4.69, 9.17) is 11.6 Å². The fourth-order valence-electron chi connectivity index (χ4n) is 0.640. The molecule has 13 heavy (non-hydrogen) atoms. The normalized spacial score (nSPS) is 11.2. The number of carbonyl (C=O) groups excluding carboxylic acids is 1. The number of sulfone groups is 1. The predicted molar refractivity (Wildman–Crippen MR) is 45.5 cm³/mol. The van der Waals surface area contributed by atoms with Gasteiger partial charge in [-0.1, -0.05) is 11.6 Å². The molecule has 0 aliphatic rings. The highest BCUT2D eigenvalue weighted by Crippen LogP contribution is 2.09. The van der Waals surface area contributed by atoms with Gasteiger partial charge in [-0.2, -0.15) is 0 Å². The van der Waals surface area contributed by atoms with Crippen LogP contribution in [-0.4, -0.2) is 30.9 Å². The Bertz CT molecular complexity index is 443. The number of hydrogen-bond donors (Lipinski definition) is 0. The number of hydrogen-bond acceptors (Lipinski definition) is 5. The third-order valence-electron chi connectivity index (χ3n) is 1.15. The number of carbonyl (C=O) groups is 1. The van der Waals surface area contributed by atoms with E-state index in [-0.39, 0.29) is 10.8 Å². The SMILES string of the molecule is CS(=O)(=O)c1nc(Cl)cc(C=O)n1. The van der Waals surface area contributed by atoms with Crippen molar-refractivity contribution in [2.75, 3.05) is 6.26 Å². The fraction of sp³-hybridized carbons (Fsp3) is 0.167. The van der Waals surface area contributed by atoms with Gasteiger partial charge in [-0.25, -0.2) is 18.4 Å². The number of aromatic nitrogens is 2. The van der Waals surface area contributed by atoms with Crippen LogP contribution < -0.4 is 0 Å². The lowest BCUT2D eigenvalue weighted by Gasteiger charge is -1.97. The van der Waals surface area contributed by atoms with Gasteiger partial charge in [-0.3, -0.25) is 4.79 Å². The van der Waals surface area contributed by atoms with Crippen molar-refractivity contribution in [3.63, 3.8) is 0 Å². The van der Waals surface area contributed by atoms with Crippen LogP contribution in [0.3, 0.4) is 0 Å². The van der Waals surface area contributed by atoms with E-state index < -0.39 is 15.0 Å². The molecule has 0 amide bonds. The highest BCUT2D eigenvalue weighted by molar-refractivity contribution is 7.90. The molecule has 0 unspecified atom stereocenters. The molecule has 0 radical (unpaired) electrons. The second-order valence-corrected chi connectivity index (χ2v) is 4.58. The molecule has 0 atom stereocenters. The van der Waals surface area contributed by atoms with Crippen LogP contribution in [0.1, 0.15) is 10.5 Å². The second kappa shape index (κ2) is 3.39. The first-order chi connectivity index (χ1) is 5.93. The summed E-state index contributed by atoms with van der Waals surface area (Å²) in [5.74, 6) is 0. The van der Waals surface area contributed by atoms with Crippen LogP contribution in [0.4, 0.5) is 0 Å². The molecule has 1 rings (SSSR count). The summed E-state index contributed by atoms with van der Waals surface area (Å²) >= 11 is 5.46. The summed E-state index contributed by atoms with van der Waals surface area (Å²) in [5.41, 5.74) is -0.0552. The maximum atomic E-state index is 11.0. The molecule has 1 aromatic rings. The lowest BCUT2D eigenvalue weighted by atomic mass is 10.4. The molecule has 0 fully saturated rings. The van der Waals surface area contributed by atoms with E-state index in [0.717, 1.165) is 6.26 Å². The van der Waals surface area contributed by atoms with E-state index in [0.29, 0.717) is 6.29 Å². The third kappa shape index (κ3) is 2.46. The molecule has 0 saturated carbocycles. The third-order valence-corrected chi connectivity index (χ3v) is 2.19. The molecule has 70 valence electrons. The molecule has 0 saturated heterocycles. The molecule has 0 bridgehead atoms. The van der Waals surface area contributed by atoms with Crippen molar-refractivity contribution in [3.8, 4) is 0 Å². The Morgan fingerprint density at radius 2 is 2.08 bits per heavy atom. The zero-order chi connectivity index (χ0) is 10.1. The number of rotatable bonds is 2. The minimum absolute atomic E-state index is 0.0552. The van der Waals surface area contributed by atoms with Crippen LogP contribution in [0.25, 0.3) is 0 Å². The van der Waals surface area contributed by atoms with Gasteiger partial charge >= 0.3 is 0 Å². The fourth-order valence-corrected chi connectivity index (χ4v) is 1.42. The quantitative estimate of drug-likeness (QED) is 0.408. The average molecular weight is 221 g/mol. The first-order valence-electron chi connectivity index (χ1n) is 3.13. The van der Waals surface area contributed by atoms with Crippen molar-refractivity contribution in [1.29, 1.82) is 0 Å². The van der Waals surface area contributed by atoms with E-state index in [1.807, 2.05) is 0 Å². The number of aldehydes is 1. The van der Waals surface area contributed by atoms with E-state index in [1.165, 1.54) is 6.07 Å². The molecule has 0 spiro atoms. The van der Waals surface area contributed by atoms with Crippen LogP contribution in [-0.2, 0) is 9.84 Å². The molecule has 1 aromatic heterocycles. The monoisotopic (exact) mass is 220 g/mol. The maximum absolute atomic E-state index is 11.0. The topological polar surface area (TPSA) is 77.0 Å². The summed E-state index contributed by atoms with van der Waals surface area (Å²) in [6, 6.07) is 1.18. The van der Waals surface area contributed by atoms with E-state index in [9.17, 15) is 13.2 Å². The van der Waals surface area contributed by atoms with Gasteiger partial charge < -0.3 is 0 Å². The maximum Gasteiger partial charge on any atom is 0.248 e. The van der Waals surface area contributed by atoms with Gasteiger partial charge in [0.1, 0.15) is 10.8 Å². The van der Waals surface area contributed by atoms with Crippen molar-refractivity contribution in [2.45, 2.75) is 5.16 Å². The van der Waals surface area contributed by atoms with Crippen molar-refractivity contribution in [2.24, 2.45) is 0 Å². The summed E-state index contributed by atoms with van der Waals surface area (Å²) in [7, 11) is -3.52. The molecule has 0 aliphatic heterocycles. The second-order valence-electron chi connectivity index (χ2n) is 2.29. The molecule has 7 heteroatoms. The number of nitrogens with zero attached hydrogens (tertiary/aromatic N) is 2. The Hall–Kier alpha value is -1.01. The van der Waals surface area contributed by atoms with Crippen LogP contribution >= 0.6 is 11.6 Å². The average Bonchev–Trinajstić information content (AvgIpc) is 2.01. The summed E-state index contributed by atoms with van der Waals surface area (Å²) in [6.45, 7) is 0. The van der Waals surface area contributed by atoms with Gasteiger partial charge in [0.15, 0.2) is 6.29 Å². The Morgan fingerprint density at radius 3 is 2.54 bits per heavy atom. The van der Waals surface area contributed by atoms with Crippen LogP contribution in [0.2, 0.25) is 5.15 Å². The first kappa shape index (κ1) is 10.1. The standard InChI is InChI=1S/C6H5ClN2O3S/c1-13(11,12)6-8-4(3-10)2-5(7)9-6/h2-3H,1H3. The lowest BCUT2D eigenvalue weighted by Crippen LogP contribution is -2.06. The number of halogens is 1. The predicted octanol–water partition coefficient (Wildman–Crippen LogP) is 0.346. The molecule has 5 nitrogen and oxygen atoms in total. The minimum atomic E-state index is -3.52. The van der Waals surface area contributed by atoms with E-state index >= 15 is 0 Å². The Balaban J connectivity index is 3.41. The van der Waals surface area contributed by atoms with E-state index in [1.54, 1.807) is 0 Å². The first-order valence-corrected chi connectivity index (χ1v) is 5.40. The summed E-state index contributed by atoms with van der Waals surface area (Å²) in [6.07, 6.45) is 1.34. The molecular weight excluding hydrogens is 216 g/mol. The van der Waals surface area contributed by atoms with Crippen molar-refractivity contribution in [1.82, 2.24) is 9.97 Å². The van der Waals surface area contributed by atoms with Gasteiger partial charge in [0, 0.05) is 12.3 Å². The highest BCUT2D eigenvalue weighted by atomic mass is 35.5. The van der Waals surface area contributed by atoms with Crippen LogP contribution in [0.15, 0.2) is 11.2 Å². The van der Waals surface area contributed by atoms with Gasteiger partial charge in [0.25, 0.3) is 0 Å². The zero-order valence-corrected chi connectivity index (χ0v) is 8.13.